The highest BCUT2D eigenvalue weighted by Crippen LogP contribution is 2.42. The van der Waals surface area contributed by atoms with Crippen molar-refractivity contribution >= 4 is 0 Å². The smallest absolute Gasteiger partial charge is 0.157 e. The van der Waals surface area contributed by atoms with Crippen molar-refractivity contribution in [2.24, 2.45) is 0 Å². The molecular formula is C18H22O3. The van der Waals surface area contributed by atoms with Crippen molar-refractivity contribution in [3.05, 3.63) is 53.1 Å². The largest absolute Gasteiger partial charge is 0.508 e. The van der Waals surface area contributed by atoms with Gasteiger partial charge in [0.05, 0.1) is 0 Å². The molecule has 21 heavy (non-hydrogen) atoms. The van der Waals surface area contributed by atoms with E-state index in [0.29, 0.717) is 0 Å². The average molecular weight is 286 g/mol. The Morgan fingerprint density at radius 3 is 1.76 bits per heavy atom. The molecule has 2 aromatic carbocycles. The van der Waals surface area contributed by atoms with Crippen LogP contribution >= 0.6 is 0 Å². The maximum absolute atomic E-state index is 9.81. The van der Waals surface area contributed by atoms with E-state index in [1.807, 2.05) is 25.1 Å². The molecule has 0 radical (unpaired) electrons. The number of hydrogen-bond donors (Lipinski definition) is 3. The molecule has 0 fully saturated rings. The second-order valence-electron chi connectivity index (χ2n) is 5.49. The van der Waals surface area contributed by atoms with Crippen LogP contribution in [0.25, 0.3) is 0 Å². The zero-order valence-electron chi connectivity index (χ0n) is 12.7. The summed E-state index contributed by atoms with van der Waals surface area (Å²) in [6.45, 7) is 6.09. The maximum Gasteiger partial charge on any atom is 0.157 e. The number of phenols is 3. The Hall–Kier alpha value is -2.16. The van der Waals surface area contributed by atoms with Crippen molar-refractivity contribution in [1.82, 2.24) is 0 Å². The first-order valence-electron chi connectivity index (χ1n) is 7.27. The van der Waals surface area contributed by atoms with E-state index in [1.165, 1.54) is 6.07 Å². The molecule has 0 heterocycles. The van der Waals surface area contributed by atoms with E-state index < -0.39 is 0 Å². The Morgan fingerprint density at radius 1 is 0.762 bits per heavy atom. The molecular weight excluding hydrogens is 264 g/mol. The van der Waals surface area contributed by atoms with E-state index in [2.05, 4.69) is 13.8 Å². The molecule has 2 aromatic rings. The van der Waals surface area contributed by atoms with Crippen molar-refractivity contribution in [1.29, 1.82) is 0 Å². The topological polar surface area (TPSA) is 60.7 Å². The summed E-state index contributed by atoms with van der Waals surface area (Å²) in [5.41, 5.74) is 2.66. The standard InChI is InChI=1S/C18H22O3/c1-4-18(5-2,13-6-8-15(19)12(3)10-13)14-7-9-16(20)17(21)11-14/h6-11,19-21H,4-5H2,1-3H3. The molecule has 0 aromatic heterocycles. The first-order valence-corrected chi connectivity index (χ1v) is 7.27. The van der Waals surface area contributed by atoms with E-state index >= 15 is 0 Å². The molecule has 0 bridgehead atoms. The van der Waals surface area contributed by atoms with Gasteiger partial charge in [-0.2, -0.15) is 0 Å². The lowest BCUT2D eigenvalue weighted by Gasteiger charge is -2.33. The minimum atomic E-state index is -0.246. The van der Waals surface area contributed by atoms with Crippen LogP contribution in [0.4, 0.5) is 0 Å². The molecule has 0 spiro atoms. The third-order valence-electron chi connectivity index (χ3n) is 4.48. The predicted octanol–water partition coefficient (Wildman–Crippen LogP) is 4.22. The Kier molecular flexibility index (Phi) is 4.12. The summed E-state index contributed by atoms with van der Waals surface area (Å²) in [7, 11) is 0. The summed E-state index contributed by atoms with van der Waals surface area (Å²) in [5.74, 6) is 0.0735. The zero-order valence-corrected chi connectivity index (χ0v) is 12.7. The number of phenolic OH excluding ortho intramolecular Hbond substituents is 3. The van der Waals surface area contributed by atoms with Crippen molar-refractivity contribution in [3.63, 3.8) is 0 Å². The Morgan fingerprint density at radius 2 is 1.29 bits per heavy atom. The molecule has 112 valence electrons. The van der Waals surface area contributed by atoms with Crippen molar-refractivity contribution < 1.29 is 15.3 Å². The Balaban J connectivity index is 2.63. The highest BCUT2D eigenvalue weighted by molar-refractivity contribution is 5.49. The van der Waals surface area contributed by atoms with Crippen LogP contribution in [0.1, 0.15) is 43.4 Å². The number of hydrogen-bond acceptors (Lipinski definition) is 3. The summed E-state index contributed by atoms with van der Waals surface area (Å²) in [6.07, 6.45) is 1.72. The van der Waals surface area contributed by atoms with Gasteiger partial charge in [0.25, 0.3) is 0 Å². The van der Waals surface area contributed by atoms with E-state index in [-0.39, 0.29) is 22.7 Å². The number of rotatable bonds is 4. The van der Waals surface area contributed by atoms with Gasteiger partial charge in [-0.1, -0.05) is 32.0 Å². The summed E-state index contributed by atoms with van der Waals surface area (Å²) in [4.78, 5) is 0. The van der Waals surface area contributed by atoms with Gasteiger partial charge < -0.3 is 15.3 Å². The van der Waals surface area contributed by atoms with Crippen LogP contribution < -0.4 is 0 Å². The van der Waals surface area contributed by atoms with Gasteiger partial charge in [0.15, 0.2) is 11.5 Å². The summed E-state index contributed by atoms with van der Waals surface area (Å²) in [6, 6.07) is 10.6. The highest BCUT2D eigenvalue weighted by Gasteiger charge is 2.31. The van der Waals surface area contributed by atoms with Crippen LogP contribution in [0, 0.1) is 6.92 Å². The van der Waals surface area contributed by atoms with Gasteiger partial charge in [0, 0.05) is 5.41 Å². The summed E-state index contributed by atoms with van der Waals surface area (Å²) in [5, 5.41) is 29.1. The molecule has 3 heteroatoms. The average Bonchev–Trinajstić information content (AvgIpc) is 2.48. The molecule has 2 rings (SSSR count). The second-order valence-corrected chi connectivity index (χ2v) is 5.49. The minimum absolute atomic E-state index is 0.103. The van der Waals surface area contributed by atoms with Crippen LogP contribution in [0.3, 0.4) is 0 Å². The van der Waals surface area contributed by atoms with Crippen LogP contribution in [0.15, 0.2) is 36.4 Å². The van der Waals surface area contributed by atoms with Crippen LogP contribution in [-0.4, -0.2) is 15.3 Å². The highest BCUT2D eigenvalue weighted by atomic mass is 16.3. The lowest BCUT2D eigenvalue weighted by Crippen LogP contribution is -2.26. The van der Waals surface area contributed by atoms with E-state index in [4.69, 9.17) is 0 Å². The third kappa shape index (κ3) is 2.56. The normalized spacial score (nSPS) is 11.6. The van der Waals surface area contributed by atoms with Gasteiger partial charge in [-0.3, -0.25) is 0 Å². The molecule has 0 aliphatic rings. The Labute approximate surface area is 125 Å². The van der Waals surface area contributed by atoms with Gasteiger partial charge in [-0.25, -0.2) is 0 Å². The molecule has 0 atom stereocenters. The fraction of sp³-hybridized carbons (Fsp3) is 0.333. The van der Waals surface area contributed by atoms with Crippen LogP contribution in [0.2, 0.25) is 0 Å². The fourth-order valence-corrected chi connectivity index (χ4v) is 3.01. The third-order valence-corrected chi connectivity index (χ3v) is 4.48. The van der Waals surface area contributed by atoms with Gasteiger partial charge in [0.2, 0.25) is 0 Å². The van der Waals surface area contributed by atoms with Gasteiger partial charge in [-0.15, -0.1) is 0 Å². The molecule has 3 nitrogen and oxygen atoms in total. The fourth-order valence-electron chi connectivity index (χ4n) is 3.01. The number of aryl methyl sites for hydroxylation is 1. The van der Waals surface area contributed by atoms with Gasteiger partial charge in [-0.05, 0) is 54.7 Å². The summed E-state index contributed by atoms with van der Waals surface area (Å²) < 4.78 is 0. The predicted molar refractivity (Wildman–Crippen MR) is 84.0 cm³/mol. The SMILES string of the molecule is CCC(CC)(c1ccc(O)c(C)c1)c1ccc(O)c(O)c1. The van der Waals surface area contributed by atoms with E-state index in [9.17, 15) is 15.3 Å². The van der Waals surface area contributed by atoms with E-state index in [0.717, 1.165) is 29.5 Å². The monoisotopic (exact) mass is 286 g/mol. The lowest BCUT2D eigenvalue weighted by atomic mass is 9.70. The summed E-state index contributed by atoms with van der Waals surface area (Å²) >= 11 is 0. The Bertz CT molecular complexity index is 589. The molecule has 0 saturated heterocycles. The van der Waals surface area contributed by atoms with Gasteiger partial charge in [0.1, 0.15) is 5.75 Å². The molecule has 3 N–H and O–H groups in total. The van der Waals surface area contributed by atoms with Crippen molar-refractivity contribution in [3.8, 4) is 17.2 Å². The lowest BCUT2D eigenvalue weighted by molar-refractivity contribution is 0.399. The van der Waals surface area contributed by atoms with Crippen molar-refractivity contribution in [2.45, 2.75) is 39.0 Å². The molecule has 0 amide bonds. The first kappa shape index (κ1) is 15.2. The quantitative estimate of drug-likeness (QED) is 0.737. The van der Waals surface area contributed by atoms with Crippen LogP contribution in [-0.2, 0) is 5.41 Å². The molecule has 0 unspecified atom stereocenters. The second kappa shape index (κ2) is 5.68. The van der Waals surface area contributed by atoms with E-state index in [1.54, 1.807) is 12.1 Å². The van der Waals surface area contributed by atoms with Crippen LogP contribution in [0.5, 0.6) is 17.2 Å². The number of aromatic hydroxyl groups is 3. The molecule has 0 aliphatic carbocycles. The molecule has 0 saturated carbocycles. The maximum atomic E-state index is 9.81. The minimum Gasteiger partial charge on any atom is -0.508 e. The number of benzene rings is 2. The molecule has 0 aliphatic heterocycles. The van der Waals surface area contributed by atoms with Crippen molar-refractivity contribution in [2.75, 3.05) is 0 Å². The first-order chi connectivity index (χ1) is 9.94. The zero-order chi connectivity index (χ0) is 15.6. The van der Waals surface area contributed by atoms with Gasteiger partial charge >= 0.3 is 0 Å².